The zero-order valence-corrected chi connectivity index (χ0v) is 9.33. The zero-order chi connectivity index (χ0) is 11.1. The van der Waals surface area contributed by atoms with Crippen molar-refractivity contribution in [1.29, 1.82) is 0 Å². The molecule has 0 aromatic heterocycles. The van der Waals surface area contributed by atoms with Crippen LogP contribution in [0.3, 0.4) is 0 Å². The Kier molecular flexibility index (Phi) is 4.91. The molecule has 0 atom stereocenters. The average molecular weight is 225 g/mol. The molecule has 0 aliphatic rings. The molecule has 0 N–H and O–H groups in total. The second-order valence-corrected chi connectivity index (χ2v) is 3.34. The number of hydrogen-bond donors (Lipinski definition) is 0. The lowest BCUT2D eigenvalue weighted by Gasteiger charge is -2.04. The first kappa shape index (κ1) is 11.8. The highest BCUT2D eigenvalue weighted by Crippen LogP contribution is 2.19. The van der Waals surface area contributed by atoms with Crippen molar-refractivity contribution >= 4 is 23.4 Å². The van der Waals surface area contributed by atoms with E-state index in [2.05, 4.69) is 11.2 Å². The van der Waals surface area contributed by atoms with Crippen LogP contribution in [0.15, 0.2) is 36.4 Å². The molecule has 0 fully saturated rings. The largest absolute Gasteiger partial charge is 0.349 e. The van der Waals surface area contributed by atoms with Crippen molar-refractivity contribution in [3.05, 3.63) is 42.0 Å². The fraction of sp³-hybridized carbons (Fsp3) is 0.250. The highest BCUT2D eigenvalue weighted by molar-refractivity contribution is 6.15. The lowest BCUT2D eigenvalue weighted by molar-refractivity contribution is -0.128. The molecular weight excluding hydrogens is 212 g/mol. The lowest BCUT2D eigenvalue weighted by Crippen LogP contribution is -1.94. The zero-order valence-electron chi connectivity index (χ0n) is 8.57. The van der Waals surface area contributed by atoms with Crippen molar-refractivity contribution in [3.8, 4) is 0 Å². The maximum atomic E-state index is 11.0. The highest BCUT2D eigenvalue weighted by Gasteiger charge is 2.04. The molecule has 0 unspecified atom stereocenters. The molecular formula is C12H13ClO2. The van der Waals surface area contributed by atoms with E-state index in [1.165, 1.54) is 6.08 Å². The fourth-order valence-corrected chi connectivity index (χ4v) is 1.43. The van der Waals surface area contributed by atoms with Crippen molar-refractivity contribution in [1.82, 2.24) is 0 Å². The molecule has 0 amide bonds. The minimum Gasteiger partial charge on any atom is -0.344 e. The van der Waals surface area contributed by atoms with Gasteiger partial charge in [0.05, 0.1) is 0 Å². The Bertz CT molecular complexity index is 344. The van der Waals surface area contributed by atoms with Gasteiger partial charge in [0, 0.05) is 6.08 Å². The van der Waals surface area contributed by atoms with Crippen molar-refractivity contribution in [3.63, 3.8) is 0 Å². The third-order valence-electron chi connectivity index (χ3n) is 2.03. The molecule has 1 aromatic rings. The first-order valence-electron chi connectivity index (χ1n) is 4.86. The molecule has 0 saturated heterocycles. The van der Waals surface area contributed by atoms with E-state index in [4.69, 9.17) is 11.9 Å². The van der Waals surface area contributed by atoms with Gasteiger partial charge in [-0.15, -0.1) is 0 Å². The molecule has 0 spiro atoms. The van der Waals surface area contributed by atoms with E-state index in [1.54, 1.807) is 0 Å². The van der Waals surface area contributed by atoms with Crippen LogP contribution < -0.4 is 0 Å². The van der Waals surface area contributed by atoms with E-state index in [-0.39, 0.29) is 0 Å². The molecule has 80 valence electrons. The monoisotopic (exact) mass is 224 g/mol. The molecule has 2 nitrogen and oxygen atoms in total. The number of benzene rings is 1. The summed E-state index contributed by atoms with van der Waals surface area (Å²) in [5, 5.41) is 0. The quantitative estimate of drug-likeness (QED) is 0.731. The van der Waals surface area contributed by atoms with Gasteiger partial charge in [0.15, 0.2) is 0 Å². The van der Waals surface area contributed by atoms with Gasteiger partial charge in [0.1, 0.15) is 11.9 Å². The second-order valence-electron chi connectivity index (χ2n) is 3.18. The number of carbonyl (C=O) groups excluding carboxylic acids is 1. The molecule has 3 heteroatoms. The highest BCUT2D eigenvalue weighted by atomic mass is 35.5. The Morgan fingerprint density at radius 3 is 2.60 bits per heavy atom. The van der Waals surface area contributed by atoms with E-state index < -0.39 is 5.97 Å². The SMILES string of the molecule is CCCC(=CC(=O)OCl)c1ccccc1. The van der Waals surface area contributed by atoms with Crippen LogP contribution in [0, 0.1) is 0 Å². The Morgan fingerprint density at radius 2 is 2.07 bits per heavy atom. The van der Waals surface area contributed by atoms with Gasteiger partial charge in [0.25, 0.3) is 0 Å². The van der Waals surface area contributed by atoms with Crippen LogP contribution in [0.1, 0.15) is 25.3 Å². The molecule has 1 rings (SSSR count). The topological polar surface area (TPSA) is 26.3 Å². The Hall–Kier alpha value is -1.28. The van der Waals surface area contributed by atoms with Crippen molar-refractivity contribution < 1.29 is 9.08 Å². The normalized spacial score (nSPS) is 11.2. The predicted molar refractivity (Wildman–Crippen MR) is 61.3 cm³/mol. The van der Waals surface area contributed by atoms with Crippen LogP contribution in [0.2, 0.25) is 0 Å². The number of halogens is 1. The third kappa shape index (κ3) is 3.76. The van der Waals surface area contributed by atoms with Crippen LogP contribution in [-0.4, -0.2) is 5.97 Å². The Labute approximate surface area is 94.7 Å². The number of allylic oxidation sites excluding steroid dienone is 1. The minimum atomic E-state index is -0.524. The Balaban J connectivity index is 2.93. The van der Waals surface area contributed by atoms with Crippen LogP contribution in [0.4, 0.5) is 0 Å². The molecule has 1 aromatic carbocycles. The molecule has 0 radical (unpaired) electrons. The predicted octanol–water partition coefficient (Wildman–Crippen LogP) is 3.57. The van der Waals surface area contributed by atoms with E-state index in [1.807, 2.05) is 30.3 Å². The van der Waals surface area contributed by atoms with Crippen LogP contribution >= 0.6 is 11.9 Å². The maximum Gasteiger partial charge on any atom is 0.349 e. The average Bonchev–Trinajstić information content (AvgIpc) is 2.29. The number of hydrogen-bond acceptors (Lipinski definition) is 2. The summed E-state index contributed by atoms with van der Waals surface area (Å²) in [5.74, 6) is -0.524. The van der Waals surface area contributed by atoms with Crippen molar-refractivity contribution in [2.75, 3.05) is 0 Å². The summed E-state index contributed by atoms with van der Waals surface area (Å²) >= 11 is 4.99. The van der Waals surface area contributed by atoms with Crippen LogP contribution in [-0.2, 0) is 9.08 Å². The van der Waals surface area contributed by atoms with Gasteiger partial charge in [-0.2, -0.15) is 0 Å². The van der Waals surface area contributed by atoms with Crippen molar-refractivity contribution in [2.24, 2.45) is 0 Å². The van der Waals surface area contributed by atoms with Crippen LogP contribution in [0.5, 0.6) is 0 Å². The van der Waals surface area contributed by atoms with E-state index in [0.29, 0.717) is 0 Å². The lowest BCUT2D eigenvalue weighted by atomic mass is 10.0. The van der Waals surface area contributed by atoms with Gasteiger partial charge < -0.3 is 4.29 Å². The van der Waals surface area contributed by atoms with Gasteiger partial charge in [-0.25, -0.2) is 4.79 Å². The summed E-state index contributed by atoms with van der Waals surface area (Å²) in [5.41, 5.74) is 1.98. The number of carbonyl (C=O) groups is 1. The maximum absolute atomic E-state index is 11.0. The fourth-order valence-electron chi connectivity index (χ4n) is 1.39. The van der Waals surface area contributed by atoms with E-state index in [9.17, 15) is 4.79 Å². The summed E-state index contributed by atoms with van der Waals surface area (Å²) in [6, 6.07) is 9.73. The summed E-state index contributed by atoms with van der Waals surface area (Å²) in [6.45, 7) is 2.06. The van der Waals surface area contributed by atoms with Gasteiger partial charge in [0.2, 0.25) is 0 Å². The van der Waals surface area contributed by atoms with Crippen molar-refractivity contribution in [2.45, 2.75) is 19.8 Å². The standard InChI is InChI=1S/C12H13ClO2/c1-2-6-11(9-12(14)15-13)10-7-4-3-5-8-10/h3-5,7-9H,2,6H2,1H3. The number of rotatable bonds is 4. The Morgan fingerprint density at radius 1 is 1.40 bits per heavy atom. The summed E-state index contributed by atoms with van der Waals surface area (Å²) in [4.78, 5) is 11.0. The summed E-state index contributed by atoms with van der Waals surface area (Å²) in [7, 11) is 0. The first-order chi connectivity index (χ1) is 7.27. The van der Waals surface area contributed by atoms with E-state index in [0.717, 1.165) is 24.0 Å². The molecule has 0 bridgehead atoms. The molecule has 0 saturated carbocycles. The second kappa shape index (κ2) is 6.25. The van der Waals surface area contributed by atoms with Crippen LogP contribution in [0.25, 0.3) is 5.57 Å². The molecule has 0 aliphatic heterocycles. The summed E-state index contributed by atoms with van der Waals surface area (Å²) in [6.07, 6.45) is 3.23. The summed E-state index contributed by atoms with van der Waals surface area (Å²) < 4.78 is 4.11. The molecule has 0 aliphatic carbocycles. The van der Waals surface area contributed by atoms with Gasteiger partial charge in [-0.1, -0.05) is 43.7 Å². The molecule has 0 heterocycles. The smallest absolute Gasteiger partial charge is 0.344 e. The molecule has 15 heavy (non-hydrogen) atoms. The first-order valence-corrected chi connectivity index (χ1v) is 5.17. The minimum absolute atomic E-state index is 0.524. The van der Waals surface area contributed by atoms with E-state index >= 15 is 0 Å². The van der Waals surface area contributed by atoms with Gasteiger partial charge >= 0.3 is 5.97 Å². The van der Waals surface area contributed by atoms with Gasteiger partial charge in [-0.3, -0.25) is 0 Å². The van der Waals surface area contributed by atoms with Gasteiger partial charge in [-0.05, 0) is 17.6 Å². The third-order valence-corrected chi connectivity index (χ3v) is 2.18.